The fraction of sp³-hybridized carbons (Fsp3) is 0.720. The van der Waals surface area contributed by atoms with Gasteiger partial charge in [-0.1, -0.05) is 44.2 Å². The van der Waals surface area contributed by atoms with Gasteiger partial charge in [-0.3, -0.25) is 9.13 Å². The lowest BCUT2D eigenvalue weighted by atomic mass is 9.88. The van der Waals surface area contributed by atoms with Crippen LogP contribution < -0.4 is 5.69 Å². The molecule has 166 valence electrons. The predicted octanol–water partition coefficient (Wildman–Crippen LogP) is 4.60. The largest absolute Gasteiger partial charge is 0.396 e. The lowest BCUT2D eigenvalue weighted by molar-refractivity contribution is 0.0646. The molecule has 1 aromatic carbocycles. The molecule has 0 amide bonds. The molecule has 4 rings (SSSR count). The Labute approximate surface area is 180 Å². The van der Waals surface area contributed by atoms with E-state index in [4.69, 9.17) is 0 Å². The van der Waals surface area contributed by atoms with Crippen molar-refractivity contribution in [3.05, 3.63) is 34.7 Å². The van der Waals surface area contributed by atoms with E-state index in [1.54, 1.807) is 0 Å². The Morgan fingerprint density at radius 1 is 1.00 bits per heavy atom. The standard InChI is InChI=1S/C25H39N3O2/c1-19(2)27-23-12-8-9-13-24(23)28(25(27)30)22-14-15-26(17-21(22)18-29)16-20-10-6-4-3-5-7-11-20/h8-9,12-13,19-22,29H,3-7,10-11,14-18H2,1-2H3. The highest BCUT2D eigenvalue weighted by Crippen LogP contribution is 2.32. The Bertz CT molecular complexity index is 876. The Morgan fingerprint density at radius 3 is 2.33 bits per heavy atom. The summed E-state index contributed by atoms with van der Waals surface area (Å²) >= 11 is 0. The van der Waals surface area contributed by atoms with Gasteiger partial charge in [-0.15, -0.1) is 0 Å². The molecule has 5 nitrogen and oxygen atoms in total. The molecule has 2 fully saturated rings. The molecular formula is C25H39N3O2. The van der Waals surface area contributed by atoms with Crippen LogP contribution in [-0.4, -0.2) is 45.4 Å². The van der Waals surface area contributed by atoms with E-state index in [1.807, 2.05) is 27.3 Å². The first-order valence-electron chi connectivity index (χ1n) is 12.1. The van der Waals surface area contributed by atoms with Gasteiger partial charge in [0.15, 0.2) is 0 Å². The minimum Gasteiger partial charge on any atom is -0.396 e. The lowest BCUT2D eigenvalue weighted by Crippen LogP contribution is -2.46. The van der Waals surface area contributed by atoms with Crippen LogP contribution in [0.25, 0.3) is 11.0 Å². The zero-order valence-corrected chi connectivity index (χ0v) is 18.8. The highest BCUT2D eigenvalue weighted by Gasteiger charge is 2.33. The lowest BCUT2D eigenvalue weighted by Gasteiger charge is -2.40. The van der Waals surface area contributed by atoms with E-state index in [1.165, 1.54) is 44.9 Å². The molecule has 1 aliphatic heterocycles. The number of piperidine rings is 1. The monoisotopic (exact) mass is 413 g/mol. The van der Waals surface area contributed by atoms with Crippen LogP contribution in [0, 0.1) is 11.8 Å². The molecule has 0 spiro atoms. The van der Waals surface area contributed by atoms with Gasteiger partial charge in [0.05, 0.1) is 11.0 Å². The molecule has 2 atom stereocenters. The zero-order valence-electron chi connectivity index (χ0n) is 18.8. The number of hydrogen-bond donors (Lipinski definition) is 1. The quantitative estimate of drug-likeness (QED) is 0.779. The third kappa shape index (κ3) is 4.38. The van der Waals surface area contributed by atoms with E-state index in [9.17, 15) is 9.90 Å². The number of aromatic nitrogens is 2. The van der Waals surface area contributed by atoms with Gasteiger partial charge in [-0.05, 0) is 51.2 Å². The maximum absolute atomic E-state index is 13.4. The molecular weight excluding hydrogens is 374 g/mol. The molecule has 1 saturated carbocycles. The first-order valence-corrected chi connectivity index (χ1v) is 12.1. The molecule has 1 aromatic heterocycles. The fourth-order valence-corrected chi connectivity index (χ4v) is 5.88. The van der Waals surface area contributed by atoms with Gasteiger partial charge in [-0.2, -0.15) is 0 Å². The number of likely N-dealkylation sites (tertiary alicyclic amines) is 1. The number of fused-ring (bicyclic) bond motifs is 1. The topological polar surface area (TPSA) is 50.4 Å². The molecule has 1 saturated heterocycles. The Hall–Kier alpha value is -1.59. The Kier molecular flexibility index (Phi) is 6.99. The summed E-state index contributed by atoms with van der Waals surface area (Å²) in [5.41, 5.74) is 2.09. The van der Waals surface area contributed by atoms with Crippen LogP contribution in [0.5, 0.6) is 0 Å². The molecule has 2 aromatic rings. The molecule has 2 heterocycles. The van der Waals surface area contributed by atoms with Crippen LogP contribution in [0.2, 0.25) is 0 Å². The zero-order chi connectivity index (χ0) is 21.1. The van der Waals surface area contributed by atoms with Crippen LogP contribution in [0.1, 0.15) is 77.3 Å². The van der Waals surface area contributed by atoms with Gasteiger partial charge in [0, 0.05) is 44.2 Å². The van der Waals surface area contributed by atoms with Crippen molar-refractivity contribution in [3.8, 4) is 0 Å². The average molecular weight is 414 g/mol. The van der Waals surface area contributed by atoms with Crippen molar-refractivity contribution in [2.75, 3.05) is 26.2 Å². The molecule has 5 heteroatoms. The van der Waals surface area contributed by atoms with Crippen molar-refractivity contribution in [2.24, 2.45) is 11.8 Å². The highest BCUT2D eigenvalue weighted by molar-refractivity contribution is 5.76. The Balaban J connectivity index is 1.54. The molecule has 2 unspecified atom stereocenters. The summed E-state index contributed by atoms with van der Waals surface area (Å²) in [6.45, 7) is 7.35. The second kappa shape index (κ2) is 9.69. The highest BCUT2D eigenvalue weighted by atomic mass is 16.3. The summed E-state index contributed by atoms with van der Waals surface area (Å²) in [6, 6.07) is 8.32. The van der Waals surface area contributed by atoms with E-state index < -0.39 is 0 Å². The first kappa shape index (κ1) is 21.6. The number of nitrogens with zero attached hydrogens (tertiary/aromatic N) is 3. The number of aliphatic hydroxyl groups excluding tert-OH is 1. The summed E-state index contributed by atoms with van der Waals surface area (Å²) in [7, 11) is 0. The van der Waals surface area contributed by atoms with Crippen LogP contribution in [-0.2, 0) is 0 Å². The Morgan fingerprint density at radius 2 is 1.67 bits per heavy atom. The predicted molar refractivity (Wildman–Crippen MR) is 123 cm³/mol. The van der Waals surface area contributed by atoms with Crippen molar-refractivity contribution < 1.29 is 5.11 Å². The summed E-state index contributed by atoms with van der Waals surface area (Å²) in [6.07, 6.45) is 10.6. The van der Waals surface area contributed by atoms with Crippen LogP contribution in [0.15, 0.2) is 29.1 Å². The van der Waals surface area contributed by atoms with E-state index in [0.29, 0.717) is 0 Å². The molecule has 1 aliphatic carbocycles. The van der Waals surface area contributed by atoms with Crippen molar-refractivity contribution in [2.45, 2.75) is 77.3 Å². The maximum atomic E-state index is 13.4. The summed E-state index contributed by atoms with van der Waals surface area (Å²) < 4.78 is 3.90. The van der Waals surface area contributed by atoms with Crippen LogP contribution >= 0.6 is 0 Å². The third-order valence-corrected chi connectivity index (χ3v) is 7.41. The van der Waals surface area contributed by atoms with Gasteiger partial charge in [-0.25, -0.2) is 4.79 Å². The minimum atomic E-state index is 0.0704. The first-order chi connectivity index (χ1) is 14.6. The van der Waals surface area contributed by atoms with Crippen LogP contribution in [0.4, 0.5) is 0 Å². The summed E-state index contributed by atoms with van der Waals surface area (Å²) in [5.74, 6) is 0.906. The number of rotatable bonds is 5. The second-order valence-electron chi connectivity index (χ2n) is 9.87. The SMILES string of the molecule is CC(C)n1c(=O)n(C2CCN(CC3CCCCCCC3)CC2CO)c2ccccc21. The van der Waals surface area contributed by atoms with Crippen molar-refractivity contribution >= 4 is 11.0 Å². The average Bonchev–Trinajstić information content (AvgIpc) is 3.01. The molecule has 0 radical (unpaired) electrons. The van der Waals surface area contributed by atoms with E-state index in [0.717, 1.165) is 43.0 Å². The van der Waals surface area contributed by atoms with Gasteiger partial charge in [0.25, 0.3) is 0 Å². The number of imidazole rings is 1. The second-order valence-corrected chi connectivity index (χ2v) is 9.87. The number of hydrogen-bond acceptors (Lipinski definition) is 3. The number of para-hydroxylation sites is 2. The van der Waals surface area contributed by atoms with E-state index in [-0.39, 0.29) is 30.3 Å². The van der Waals surface area contributed by atoms with E-state index in [2.05, 4.69) is 24.8 Å². The minimum absolute atomic E-state index is 0.0704. The van der Waals surface area contributed by atoms with Gasteiger partial charge in [0.2, 0.25) is 0 Å². The van der Waals surface area contributed by atoms with Gasteiger partial charge in [0.1, 0.15) is 0 Å². The molecule has 2 aliphatic rings. The normalized spacial score (nSPS) is 24.9. The molecule has 30 heavy (non-hydrogen) atoms. The smallest absolute Gasteiger partial charge is 0.329 e. The maximum Gasteiger partial charge on any atom is 0.329 e. The van der Waals surface area contributed by atoms with Crippen molar-refractivity contribution in [3.63, 3.8) is 0 Å². The molecule has 0 bridgehead atoms. The number of benzene rings is 1. The van der Waals surface area contributed by atoms with E-state index >= 15 is 0 Å². The summed E-state index contributed by atoms with van der Waals surface area (Å²) in [5, 5.41) is 10.3. The fourth-order valence-electron chi connectivity index (χ4n) is 5.88. The van der Waals surface area contributed by atoms with Gasteiger partial charge < -0.3 is 10.0 Å². The van der Waals surface area contributed by atoms with Crippen LogP contribution in [0.3, 0.4) is 0 Å². The number of aliphatic hydroxyl groups is 1. The van der Waals surface area contributed by atoms with Gasteiger partial charge >= 0.3 is 5.69 Å². The summed E-state index contributed by atoms with van der Waals surface area (Å²) in [4.78, 5) is 16.0. The van der Waals surface area contributed by atoms with Crippen molar-refractivity contribution in [1.82, 2.24) is 14.0 Å². The third-order valence-electron chi connectivity index (χ3n) is 7.41. The molecule has 1 N–H and O–H groups in total. The van der Waals surface area contributed by atoms with Crippen molar-refractivity contribution in [1.29, 1.82) is 0 Å².